The van der Waals surface area contributed by atoms with Gasteiger partial charge in [-0.25, -0.2) is 0 Å². The molecular weight excluding hydrogens is 475 g/mol. The Morgan fingerprint density at radius 2 is 1.77 bits per heavy atom. The molecule has 0 saturated carbocycles. The van der Waals surface area contributed by atoms with Crippen molar-refractivity contribution in [3.05, 3.63) is 76.1 Å². The Labute approximate surface area is 188 Å². The molecule has 0 fully saturated rings. The molecule has 0 amide bonds. The van der Waals surface area contributed by atoms with Gasteiger partial charge in [0.25, 0.3) is 5.56 Å². The molecule has 0 radical (unpaired) electrons. The molecule has 0 spiro atoms. The summed E-state index contributed by atoms with van der Waals surface area (Å²) in [5, 5.41) is 0.729. The SMILES string of the molecule is COc1ccc([C@H](NS(=O)(=O)OCC(Cl)(Cl)Cl)c2cc3ccccc3[nH]c2=O)cc1. The molecule has 3 aromatic rings. The summed E-state index contributed by atoms with van der Waals surface area (Å²) in [6.45, 7) is -0.698. The van der Waals surface area contributed by atoms with Gasteiger partial charge in [-0.1, -0.05) is 65.1 Å². The zero-order chi connectivity index (χ0) is 21.9. The molecule has 30 heavy (non-hydrogen) atoms. The first-order valence-electron chi connectivity index (χ1n) is 8.57. The fourth-order valence-electron chi connectivity index (χ4n) is 2.81. The number of hydrogen-bond acceptors (Lipinski definition) is 5. The topological polar surface area (TPSA) is 97.5 Å². The van der Waals surface area contributed by atoms with Crippen LogP contribution in [0.3, 0.4) is 0 Å². The van der Waals surface area contributed by atoms with E-state index in [1.165, 1.54) is 7.11 Å². The summed E-state index contributed by atoms with van der Waals surface area (Å²) in [4.78, 5) is 15.5. The number of fused-ring (bicyclic) bond motifs is 1. The Morgan fingerprint density at radius 3 is 2.40 bits per heavy atom. The van der Waals surface area contributed by atoms with Gasteiger partial charge in [-0.3, -0.25) is 8.98 Å². The van der Waals surface area contributed by atoms with E-state index < -0.39 is 32.3 Å². The number of methoxy groups -OCH3 is 1. The summed E-state index contributed by atoms with van der Waals surface area (Å²) >= 11 is 16.7. The summed E-state index contributed by atoms with van der Waals surface area (Å²) < 4.78 is 35.3. The number of nitrogens with one attached hydrogen (secondary N) is 2. The van der Waals surface area contributed by atoms with Crippen LogP contribution in [0.1, 0.15) is 17.2 Å². The van der Waals surface area contributed by atoms with E-state index in [-0.39, 0.29) is 5.56 Å². The zero-order valence-corrected chi connectivity index (χ0v) is 18.6. The number of rotatable bonds is 7. The van der Waals surface area contributed by atoms with Gasteiger partial charge >= 0.3 is 10.3 Å². The lowest BCUT2D eigenvalue weighted by molar-refractivity contribution is 0.315. The Kier molecular flexibility index (Phi) is 6.96. The van der Waals surface area contributed by atoms with Crippen molar-refractivity contribution in [1.29, 1.82) is 0 Å². The fourth-order valence-corrected chi connectivity index (χ4v) is 4.12. The number of aromatic amines is 1. The lowest BCUT2D eigenvalue weighted by Crippen LogP contribution is -2.35. The first-order valence-corrected chi connectivity index (χ1v) is 11.1. The molecule has 0 aliphatic heterocycles. The fraction of sp³-hybridized carbons (Fsp3) is 0.211. The number of halogens is 3. The van der Waals surface area contributed by atoms with Crippen molar-refractivity contribution < 1.29 is 17.3 Å². The second-order valence-corrected chi connectivity index (χ2v) is 10.2. The molecular formula is C19H17Cl3N2O5S. The first kappa shape index (κ1) is 22.9. The molecule has 160 valence electrons. The van der Waals surface area contributed by atoms with Crippen LogP contribution in [0, 0.1) is 0 Å². The summed E-state index contributed by atoms with van der Waals surface area (Å²) in [6, 6.07) is 14.2. The third-order valence-electron chi connectivity index (χ3n) is 4.18. The Morgan fingerprint density at radius 1 is 1.10 bits per heavy atom. The van der Waals surface area contributed by atoms with Crippen LogP contribution in [0.2, 0.25) is 0 Å². The average Bonchev–Trinajstić information content (AvgIpc) is 2.70. The molecule has 1 heterocycles. The van der Waals surface area contributed by atoms with E-state index in [4.69, 9.17) is 43.7 Å². The highest BCUT2D eigenvalue weighted by Crippen LogP contribution is 2.28. The van der Waals surface area contributed by atoms with Crippen molar-refractivity contribution in [2.75, 3.05) is 13.7 Å². The van der Waals surface area contributed by atoms with Gasteiger partial charge in [0.1, 0.15) is 12.4 Å². The highest BCUT2D eigenvalue weighted by Gasteiger charge is 2.28. The number of pyridine rings is 1. The second kappa shape index (κ2) is 9.13. The van der Waals surface area contributed by atoms with Crippen LogP contribution in [0.5, 0.6) is 5.75 Å². The van der Waals surface area contributed by atoms with E-state index in [1.54, 1.807) is 54.6 Å². The minimum absolute atomic E-state index is 0.167. The molecule has 3 rings (SSSR count). The summed E-state index contributed by atoms with van der Waals surface area (Å²) in [5.41, 5.74) is 0.811. The normalized spacial score (nSPS) is 13.3. The number of alkyl halides is 3. The number of aromatic nitrogens is 1. The van der Waals surface area contributed by atoms with E-state index in [9.17, 15) is 13.2 Å². The monoisotopic (exact) mass is 490 g/mol. The molecule has 0 saturated heterocycles. The maximum atomic E-state index is 12.8. The van der Waals surface area contributed by atoms with Crippen LogP contribution < -0.4 is 15.0 Å². The molecule has 0 aliphatic carbocycles. The third kappa shape index (κ3) is 5.87. The van der Waals surface area contributed by atoms with E-state index >= 15 is 0 Å². The molecule has 11 heteroatoms. The highest BCUT2D eigenvalue weighted by atomic mass is 35.6. The van der Waals surface area contributed by atoms with E-state index in [1.807, 2.05) is 0 Å². The van der Waals surface area contributed by atoms with Crippen LogP contribution in [0.15, 0.2) is 59.4 Å². The van der Waals surface area contributed by atoms with E-state index in [0.717, 1.165) is 5.39 Å². The van der Waals surface area contributed by atoms with Crippen LogP contribution in [-0.2, 0) is 14.5 Å². The number of H-pyrrole nitrogens is 1. The highest BCUT2D eigenvalue weighted by molar-refractivity contribution is 7.84. The maximum Gasteiger partial charge on any atom is 0.336 e. The Balaban J connectivity index is 2.06. The molecule has 0 aliphatic rings. The lowest BCUT2D eigenvalue weighted by Gasteiger charge is -2.20. The van der Waals surface area contributed by atoms with Gasteiger partial charge < -0.3 is 9.72 Å². The number of para-hydroxylation sites is 1. The summed E-state index contributed by atoms with van der Waals surface area (Å²) in [6.07, 6.45) is 0. The predicted molar refractivity (Wildman–Crippen MR) is 118 cm³/mol. The molecule has 7 nitrogen and oxygen atoms in total. The molecule has 1 aromatic heterocycles. The quantitative estimate of drug-likeness (QED) is 0.489. The van der Waals surface area contributed by atoms with E-state index in [2.05, 4.69) is 9.71 Å². The zero-order valence-electron chi connectivity index (χ0n) is 15.6. The van der Waals surface area contributed by atoms with Gasteiger partial charge in [0.05, 0.1) is 13.2 Å². The smallest absolute Gasteiger partial charge is 0.336 e. The van der Waals surface area contributed by atoms with Crippen LogP contribution in [0.25, 0.3) is 10.9 Å². The third-order valence-corrected chi connectivity index (χ3v) is 5.46. The number of benzene rings is 2. The first-order chi connectivity index (χ1) is 14.1. The second-order valence-electron chi connectivity index (χ2n) is 6.30. The maximum absolute atomic E-state index is 12.8. The van der Waals surface area contributed by atoms with E-state index in [0.29, 0.717) is 16.8 Å². The lowest BCUT2D eigenvalue weighted by atomic mass is 9.99. The van der Waals surface area contributed by atoms with Crippen LogP contribution >= 0.6 is 34.8 Å². The van der Waals surface area contributed by atoms with Crippen molar-refractivity contribution in [3.8, 4) is 5.75 Å². The number of hydrogen-bond donors (Lipinski definition) is 2. The van der Waals surface area contributed by atoms with Gasteiger partial charge in [0.2, 0.25) is 3.79 Å². The van der Waals surface area contributed by atoms with Gasteiger partial charge in [-0.05, 0) is 35.2 Å². The summed E-state index contributed by atoms with van der Waals surface area (Å²) in [5.74, 6) is 0.570. The number of ether oxygens (including phenoxy) is 1. The Hall–Kier alpha value is -1.81. The molecule has 0 unspecified atom stereocenters. The van der Waals surface area contributed by atoms with Crippen LogP contribution in [-0.4, -0.2) is 30.9 Å². The minimum Gasteiger partial charge on any atom is -0.497 e. The summed E-state index contributed by atoms with van der Waals surface area (Å²) in [7, 11) is -2.88. The van der Waals surface area contributed by atoms with Gasteiger partial charge in [0.15, 0.2) is 0 Å². The minimum atomic E-state index is -4.38. The predicted octanol–water partition coefficient (Wildman–Crippen LogP) is 3.85. The average molecular weight is 492 g/mol. The van der Waals surface area contributed by atoms with Gasteiger partial charge in [-0.2, -0.15) is 13.1 Å². The van der Waals surface area contributed by atoms with Crippen molar-refractivity contribution >= 4 is 56.0 Å². The van der Waals surface area contributed by atoms with Gasteiger partial charge in [-0.15, -0.1) is 0 Å². The molecule has 2 aromatic carbocycles. The van der Waals surface area contributed by atoms with Gasteiger partial charge in [0, 0.05) is 11.1 Å². The molecule has 1 atom stereocenters. The standard InChI is InChI=1S/C19H17Cl3N2O5S/c1-28-14-8-6-12(7-9-14)17(24-30(26,27)29-11-19(20,21)22)15-10-13-4-2-3-5-16(13)23-18(15)25/h2-10,17,24H,11H2,1H3,(H,23,25)/t17-/m0/s1. The van der Waals surface area contributed by atoms with Crippen molar-refractivity contribution in [3.63, 3.8) is 0 Å². The van der Waals surface area contributed by atoms with Crippen LogP contribution in [0.4, 0.5) is 0 Å². The molecule has 0 bridgehead atoms. The molecule has 2 N–H and O–H groups in total. The van der Waals surface area contributed by atoms with Crippen molar-refractivity contribution in [2.45, 2.75) is 9.83 Å². The Bertz CT molecular complexity index is 1190. The van der Waals surface area contributed by atoms with Crippen molar-refractivity contribution in [1.82, 2.24) is 9.71 Å². The van der Waals surface area contributed by atoms with Crippen molar-refractivity contribution in [2.24, 2.45) is 0 Å². The largest absolute Gasteiger partial charge is 0.497 e.